The maximum Gasteiger partial charge on any atom is 0.212 e. The third-order valence-corrected chi connectivity index (χ3v) is 7.33. The van der Waals surface area contributed by atoms with E-state index >= 15 is 0 Å². The molecule has 1 unspecified atom stereocenters. The Morgan fingerprint density at radius 1 is 0.967 bits per heavy atom. The van der Waals surface area contributed by atoms with E-state index in [4.69, 9.17) is 4.74 Å². The van der Waals surface area contributed by atoms with E-state index in [0.717, 1.165) is 12.2 Å². The molecule has 0 fully saturated rings. The van der Waals surface area contributed by atoms with Crippen LogP contribution in [-0.2, 0) is 13.5 Å². The van der Waals surface area contributed by atoms with E-state index in [9.17, 15) is 0 Å². The summed E-state index contributed by atoms with van der Waals surface area (Å²) in [5, 5.41) is 1.72. The van der Waals surface area contributed by atoms with Gasteiger partial charge in [-0.1, -0.05) is 36.0 Å². The molecule has 0 spiro atoms. The smallest absolute Gasteiger partial charge is 0.212 e. The maximum absolute atomic E-state index is 5.31. The second-order valence-electron chi connectivity index (χ2n) is 7.77. The monoisotopic (exact) mass is 413 g/mol. The van der Waals surface area contributed by atoms with Crippen molar-refractivity contribution >= 4 is 28.4 Å². The van der Waals surface area contributed by atoms with Crippen molar-refractivity contribution in [1.82, 2.24) is 0 Å². The van der Waals surface area contributed by atoms with Gasteiger partial charge >= 0.3 is 0 Å². The molecule has 0 saturated heterocycles. The minimum absolute atomic E-state index is 0.406. The number of thioether (sulfide) groups is 1. The summed E-state index contributed by atoms with van der Waals surface area (Å²) >= 11 is 1.96. The lowest BCUT2D eigenvalue weighted by atomic mass is 9.99. The average Bonchev–Trinajstić information content (AvgIpc) is 3.11. The molecule has 1 aromatic heterocycles. The Morgan fingerprint density at radius 3 is 2.50 bits per heavy atom. The third kappa shape index (κ3) is 3.31. The molecule has 0 bridgehead atoms. The highest BCUT2D eigenvalue weighted by Crippen LogP contribution is 2.43. The van der Waals surface area contributed by atoms with Crippen LogP contribution in [0, 0.1) is 0 Å². The van der Waals surface area contributed by atoms with E-state index in [1.54, 1.807) is 7.11 Å². The summed E-state index contributed by atoms with van der Waals surface area (Å²) in [7, 11) is 6.02. The molecule has 150 valence electrons. The van der Waals surface area contributed by atoms with Crippen molar-refractivity contribution in [2.45, 2.75) is 16.7 Å². The van der Waals surface area contributed by atoms with Crippen LogP contribution in [0.15, 0.2) is 83.9 Å². The van der Waals surface area contributed by atoms with Gasteiger partial charge in [-0.3, -0.25) is 0 Å². The quantitative estimate of drug-likeness (QED) is 0.414. The van der Waals surface area contributed by atoms with Crippen LogP contribution in [-0.4, -0.2) is 19.5 Å². The van der Waals surface area contributed by atoms with Gasteiger partial charge < -0.3 is 9.64 Å². The van der Waals surface area contributed by atoms with Gasteiger partial charge in [0.05, 0.1) is 23.6 Å². The summed E-state index contributed by atoms with van der Waals surface area (Å²) in [6, 6.07) is 26.0. The number of benzene rings is 3. The van der Waals surface area contributed by atoms with Crippen molar-refractivity contribution in [3.63, 3.8) is 0 Å². The molecule has 30 heavy (non-hydrogen) atoms. The lowest BCUT2D eigenvalue weighted by Crippen LogP contribution is -2.30. The Hall–Kier alpha value is -2.98. The number of nitrogens with zero attached hydrogens (tertiary/aromatic N) is 2. The minimum atomic E-state index is 0.406. The number of anilines is 1. The lowest BCUT2D eigenvalue weighted by molar-refractivity contribution is -0.644. The Bertz CT molecular complexity index is 1220. The Balaban J connectivity index is 1.53. The standard InChI is InChI=1S/C26H25N2OS/c1-27-15-14-20(17-26-28(2)24-6-4-5-7-25(24)30-26)22-16-19(10-13-23(22)27)18-8-11-21(29-3)12-9-18/h4-16,26H,17H2,1-3H3/q+1. The normalized spacial score (nSPS) is 15.4. The fourth-order valence-corrected chi connectivity index (χ4v) is 5.53. The van der Waals surface area contributed by atoms with E-state index in [-0.39, 0.29) is 0 Å². The molecule has 0 radical (unpaired) electrons. The van der Waals surface area contributed by atoms with Gasteiger partial charge in [-0.25, -0.2) is 4.57 Å². The molecule has 3 aromatic carbocycles. The molecular weight excluding hydrogens is 388 g/mol. The van der Waals surface area contributed by atoms with E-state index in [2.05, 4.69) is 90.4 Å². The number of rotatable bonds is 4. The van der Waals surface area contributed by atoms with Crippen LogP contribution in [0.4, 0.5) is 5.69 Å². The molecule has 0 aliphatic carbocycles. The number of para-hydroxylation sites is 1. The molecule has 4 heteroatoms. The maximum atomic E-state index is 5.31. The number of aryl methyl sites for hydroxylation is 1. The first kappa shape index (κ1) is 19.0. The zero-order valence-electron chi connectivity index (χ0n) is 17.5. The van der Waals surface area contributed by atoms with E-state index in [0.29, 0.717) is 5.37 Å². The van der Waals surface area contributed by atoms with E-state index in [1.807, 2.05) is 23.9 Å². The van der Waals surface area contributed by atoms with Crippen molar-refractivity contribution in [2.75, 3.05) is 19.1 Å². The highest BCUT2D eigenvalue weighted by molar-refractivity contribution is 8.00. The fraction of sp³-hybridized carbons (Fsp3) is 0.192. The molecule has 0 amide bonds. The molecular formula is C26H25N2OS+. The molecule has 1 atom stereocenters. The van der Waals surface area contributed by atoms with Crippen molar-refractivity contribution in [2.24, 2.45) is 7.05 Å². The summed E-state index contributed by atoms with van der Waals surface area (Å²) in [5.41, 5.74) is 6.41. The van der Waals surface area contributed by atoms with Crippen molar-refractivity contribution in [3.8, 4) is 16.9 Å². The van der Waals surface area contributed by atoms with Gasteiger partial charge in [-0.2, -0.15) is 0 Å². The first-order valence-corrected chi connectivity index (χ1v) is 11.1. The topological polar surface area (TPSA) is 16.4 Å². The zero-order valence-corrected chi connectivity index (χ0v) is 18.3. The number of ether oxygens (including phenoxy) is 1. The van der Waals surface area contributed by atoms with Crippen molar-refractivity contribution in [3.05, 3.63) is 84.6 Å². The lowest BCUT2D eigenvalue weighted by Gasteiger charge is -2.22. The summed E-state index contributed by atoms with van der Waals surface area (Å²) in [5.74, 6) is 0.882. The largest absolute Gasteiger partial charge is 0.497 e. The van der Waals surface area contributed by atoms with Gasteiger partial charge in [-0.05, 0) is 53.1 Å². The second kappa shape index (κ2) is 7.69. The summed E-state index contributed by atoms with van der Waals surface area (Å²) < 4.78 is 7.52. The van der Waals surface area contributed by atoms with Gasteiger partial charge in [0.1, 0.15) is 12.8 Å². The van der Waals surface area contributed by atoms with Gasteiger partial charge in [-0.15, -0.1) is 0 Å². The highest BCUT2D eigenvalue weighted by Gasteiger charge is 2.28. The molecule has 0 N–H and O–H groups in total. The third-order valence-electron chi connectivity index (χ3n) is 5.98. The fourth-order valence-electron chi connectivity index (χ4n) is 4.21. The molecule has 5 rings (SSSR count). The molecule has 0 saturated carbocycles. The van der Waals surface area contributed by atoms with Crippen LogP contribution in [0.3, 0.4) is 0 Å². The van der Waals surface area contributed by atoms with Gasteiger partial charge in [0, 0.05) is 30.5 Å². The SMILES string of the molecule is COc1ccc(-c2ccc3c(c2)c(CC2Sc4ccccc4N2C)cc[n+]3C)cc1. The highest BCUT2D eigenvalue weighted by atomic mass is 32.2. The van der Waals surface area contributed by atoms with Gasteiger partial charge in [0.15, 0.2) is 6.20 Å². The number of methoxy groups -OCH3 is 1. The Kier molecular flexibility index (Phi) is 4.87. The zero-order chi connectivity index (χ0) is 20.7. The molecule has 1 aliphatic rings. The predicted octanol–water partition coefficient (Wildman–Crippen LogP) is 5.45. The van der Waals surface area contributed by atoms with Crippen molar-refractivity contribution < 1.29 is 9.30 Å². The Morgan fingerprint density at radius 2 is 1.73 bits per heavy atom. The van der Waals surface area contributed by atoms with Crippen LogP contribution in [0.1, 0.15) is 5.56 Å². The summed E-state index contributed by atoms with van der Waals surface area (Å²) in [6.07, 6.45) is 3.18. The van der Waals surface area contributed by atoms with Crippen LogP contribution in [0.25, 0.3) is 22.0 Å². The first-order chi connectivity index (χ1) is 14.6. The number of likely N-dealkylation sites (N-methyl/N-ethyl adjacent to an activating group) is 1. The summed E-state index contributed by atoms with van der Waals surface area (Å²) in [6.45, 7) is 0. The van der Waals surface area contributed by atoms with Crippen LogP contribution >= 0.6 is 11.8 Å². The Labute approximate surface area is 181 Å². The van der Waals surface area contributed by atoms with E-state index < -0.39 is 0 Å². The van der Waals surface area contributed by atoms with Gasteiger partial charge in [0.2, 0.25) is 5.52 Å². The first-order valence-electron chi connectivity index (χ1n) is 10.2. The number of hydrogen-bond acceptors (Lipinski definition) is 3. The summed E-state index contributed by atoms with van der Waals surface area (Å²) in [4.78, 5) is 3.78. The van der Waals surface area contributed by atoms with Gasteiger partial charge in [0.25, 0.3) is 0 Å². The second-order valence-corrected chi connectivity index (χ2v) is 8.99. The molecule has 2 heterocycles. The number of aromatic nitrogens is 1. The van der Waals surface area contributed by atoms with Crippen LogP contribution < -0.4 is 14.2 Å². The van der Waals surface area contributed by atoms with Crippen LogP contribution in [0.2, 0.25) is 0 Å². The van der Waals surface area contributed by atoms with Crippen molar-refractivity contribution in [1.29, 1.82) is 0 Å². The number of pyridine rings is 1. The average molecular weight is 414 g/mol. The molecule has 4 aromatic rings. The predicted molar refractivity (Wildman–Crippen MR) is 125 cm³/mol. The number of fused-ring (bicyclic) bond motifs is 2. The van der Waals surface area contributed by atoms with Crippen LogP contribution in [0.5, 0.6) is 5.75 Å². The molecule has 3 nitrogen and oxygen atoms in total. The minimum Gasteiger partial charge on any atom is -0.497 e. The number of hydrogen-bond donors (Lipinski definition) is 0. The van der Waals surface area contributed by atoms with E-state index in [1.165, 1.54) is 38.2 Å². The molecule has 1 aliphatic heterocycles.